The van der Waals surface area contributed by atoms with E-state index in [4.69, 9.17) is 32.3 Å². The Morgan fingerprint density at radius 3 is 0.879 bits per heavy atom. The number of unbranched alkanes of at least 4 members (excludes halogenated alkanes) is 21. The van der Waals surface area contributed by atoms with Crippen molar-refractivity contribution in [2.45, 2.75) is 296 Å². The lowest BCUT2D eigenvalue weighted by molar-refractivity contribution is -0.161. The summed E-state index contributed by atoms with van der Waals surface area (Å²) in [4.78, 5) is 58.6. The van der Waals surface area contributed by atoms with Crippen LogP contribution in [0.15, 0.2) is 158 Å². The summed E-state index contributed by atoms with van der Waals surface area (Å²) in [6.45, 7) is 2.32. The van der Waals surface area contributed by atoms with Crippen LogP contribution in [0.25, 0.3) is 0 Å². The minimum Gasteiger partial charge on any atom is -0.463 e. The van der Waals surface area contributed by atoms with E-state index in [9.17, 15) is 43.5 Å². The zero-order chi connectivity index (χ0) is 72.3. The molecule has 0 radical (unpaired) electrons. The van der Waals surface area contributed by atoms with E-state index in [0.29, 0.717) is 25.7 Å². The second-order valence-electron chi connectivity index (χ2n) is 24.7. The van der Waals surface area contributed by atoms with Gasteiger partial charge in [-0.1, -0.05) is 275 Å². The Morgan fingerprint density at radius 1 is 0.293 bits per heavy atom. The molecule has 0 fully saturated rings. The average Bonchev–Trinajstić information content (AvgIpc) is 2.17. The van der Waals surface area contributed by atoms with Gasteiger partial charge in [-0.05, 0) is 141 Å². The molecule has 16 nitrogen and oxygen atoms in total. The van der Waals surface area contributed by atoms with Gasteiger partial charge >= 0.3 is 33.6 Å². The maximum Gasteiger partial charge on any atom is 0.472 e. The first-order valence-electron chi connectivity index (χ1n) is 37.8. The molecule has 99 heavy (non-hydrogen) atoms. The van der Waals surface area contributed by atoms with Gasteiger partial charge in [-0.15, -0.1) is 0 Å². The number of carbonyl (C=O) groups is 3. The topological polar surface area (TPSA) is 231 Å². The third-order valence-electron chi connectivity index (χ3n) is 15.2. The van der Waals surface area contributed by atoms with Crippen LogP contribution < -0.4 is 0 Å². The van der Waals surface area contributed by atoms with E-state index in [1.54, 1.807) is 0 Å². The van der Waals surface area contributed by atoms with Gasteiger partial charge in [0.25, 0.3) is 0 Å². The lowest BCUT2D eigenvalue weighted by Gasteiger charge is -2.21. The molecule has 0 aromatic rings. The molecule has 0 aromatic carbocycles. The van der Waals surface area contributed by atoms with E-state index in [-0.39, 0.29) is 19.3 Å². The summed E-state index contributed by atoms with van der Waals surface area (Å²) >= 11 is 0. The van der Waals surface area contributed by atoms with Gasteiger partial charge in [0.15, 0.2) is 6.10 Å². The van der Waals surface area contributed by atoms with Crippen molar-refractivity contribution < 1.29 is 75.8 Å². The van der Waals surface area contributed by atoms with E-state index >= 15 is 0 Å². The normalized spacial score (nSPS) is 14.9. The third kappa shape index (κ3) is 74.2. The minimum absolute atomic E-state index is 0.0173. The molecule has 4 N–H and O–H groups in total. The number of ether oxygens (including phenoxy) is 3. The molecule has 0 aliphatic rings. The van der Waals surface area contributed by atoms with Crippen LogP contribution in [0.5, 0.6) is 0 Å². The van der Waals surface area contributed by atoms with Gasteiger partial charge in [0, 0.05) is 19.3 Å². The van der Waals surface area contributed by atoms with Crippen LogP contribution in [0.1, 0.15) is 278 Å². The second-order valence-corrected chi connectivity index (χ2v) is 27.6. The molecule has 0 aliphatic carbocycles. The number of aliphatic hydroxyl groups excluding tert-OH is 2. The largest absolute Gasteiger partial charge is 0.472 e. The molecule has 564 valence electrons. The Kier molecular flexibility index (Phi) is 69.4. The molecule has 0 rings (SSSR count). The summed E-state index contributed by atoms with van der Waals surface area (Å²) in [5.74, 6) is -1.67. The van der Waals surface area contributed by atoms with Crippen LogP contribution in [0.2, 0.25) is 0 Å². The zero-order valence-corrected chi connectivity index (χ0v) is 63.1. The van der Waals surface area contributed by atoms with Gasteiger partial charge in [-0.3, -0.25) is 32.5 Å². The van der Waals surface area contributed by atoms with Crippen molar-refractivity contribution in [1.82, 2.24) is 0 Å². The van der Waals surface area contributed by atoms with Crippen molar-refractivity contribution in [2.24, 2.45) is 0 Å². The van der Waals surface area contributed by atoms with Crippen molar-refractivity contribution in [3.8, 4) is 0 Å². The van der Waals surface area contributed by atoms with Gasteiger partial charge < -0.3 is 34.2 Å². The molecule has 5 atom stereocenters. The smallest absolute Gasteiger partial charge is 0.463 e. The molecule has 5 unspecified atom stereocenters. The number of hydrogen-bond acceptors (Lipinski definition) is 14. The Labute approximate surface area is 600 Å². The first kappa shape index (κ1) is 94.2. The van der Waals surface area contributed by atoms with Gasteiger partial charge in [-0.2, -0.15) is 0 Å². The van der Waals surface area contributed by atoms with Crippen LogP contribution in [0.4, 0.5) is 0 Å². The quantitative estimate of drug-likeness (QED) is 0.0146. The van der Waals surface area contributed by atoms with Gasteiger partial charge in [0.1, 0.15) is 25.4 Å². The molecule has 0 aromatic heterocycles. The summed E-state index contributed by atoms with van der Waals surface area (Å²) in [6.07, 6.45) is 90.1. The Balaban J connectivity index is 4.64. The summed E-state index contributed by atoms with van der Waals surface area (Å²) in [5, 5.41) is 20.6. The van der Waals surface area contributed by atoms with Crippen molar-refractivity contribution >= 4 is 33.6 Å². The molecule has 0 saturated carbocycles. The molecule has 0 amide bonds. The zero-order valence-electron chi connectivity index (χ0n) is 61.4. The van der Waals surface area contributed by atoms with E-state index in [0.717, 1.165) is 141 Å². The van der Waals surface area contributed by atoms with Crippen molar-refractivity contribution in [3.63, 3.8) is 0 Å². The van der Waals surface area contributed by atoms with Gasteiger partial charge in [0.2, 0.25) is 0 Å². The number of phosphoric acid groups is 2. The number of aliphatic hydroxyl groups is 2. The predicted molar refractivity (Wildman–Crippen MR) is 408 cm³/mol. The molecular formula is C81H134O16P2. The number of carbonyl (C=O) groups excluding carboxylic acids is 3. The Morgan fingerprint density at radius 2 is 0.545 bits per heavy atom. The lowest BCUT2D eigenvalue weighted by Crippen LogP contribution is -2.30. The number of allylic oxidation sites excluding steroid dienone is 26. The average molecular weight is 1430 g/mol. The highest BCUT2D eigenvalue weighted by Crippen LogP contribution is 2.45. The molecule has 0 saturated heterocycles. The molecule has 18 heteroatoms. The van der Waals surface area contributed by atoms with Crippen molar-refractivity contribution in [2.75, 3.05) is 39.6 Å². The van der Waals surface area contributed by atoms with E-state index in [1.165, 1.54) is 70.6 Å². The number of rotatable bonds is 70. The maximum atomic E-state index is 12.9. The lowest BCUT2D eigenvalue weighted by atomic mass is 10.0. The molecular weight excluding hydrogens is 1290 g/mol. The highest BCUT2D eigenvalue weighted by Gasteiger charge is 2.29. The summed E-state index contributed by atoms with van der Waals surface area (Å²) in [7, 11) is -9.82. The molecule has 0 heterocycles. The molecule has 0 spiro atoms. The van der Waals surface area contributed by atoms with Gasteiger partial charge in [0.05, 0.1) is 26.4 Å². The van der Waals surface area contributed by atoms with E-state index in [2.05, 4.69) is 167 Å². The first-order chi connectivity index (χ1) is 48.2. The first-order valence-corrected chi connectivity index (χ1v) is 40.8. The Bertz CT molecular complexity index is 2430. The van der Waals surface area contributed by atoms with Crippen LogP contribution in [-0.4, -0.2) is 95.9 Å². The fraction of sp³-hybridized carbons (Fsp3) is 0.642. The minimum atomic E-state index is -4.95. The molecule has 0 bridgehead atoms. The van der Waals surface area contributed by atoms with E-state index in [1.807, 2.05) is 12.2 Å². The van der Waals surface area contributed by atoms with Crippen LogP contribution in [-0.2, 0) is 55.8 Å². The number of hydrogen-bond donors (Lipinski definition) is 4. The SMILES string of the molecule is CC/C=C\C/C=C\C/C=C\C/C=C\C/C=C\CCCC(=O)OC(COC(=O)CCCCCCCC/C=C\C/C=C\C/C=C\C/C=C\CC)COP(=O)(O)OCC(O)COP(=O)(O)OCC(O)COC(=O)CCCCCCCCCCCCC/C=C\C/C=C\C/C=C\C/C=C\CCCCC. The van der Waals surface area contributed by atoms with E-state index < -0.39 is 91.5 Å². The molecule has 0 aliphatic heterocycles. The maximum absolute atomic E-state index is 12.9. The van der Waals surface area contributed by atoms with Gasteiger partial charge in [-0.25, -0.2) is 9.13 Å². The summed E-state index contributed by atoms with van der Waals surface area (Å²) in [6, 6.07) is 0. The van der Waals surface area contributed by atoms with Crippen molar-refractivity contribution in [1.29, 1.82) is 0 Å². The highest BCUT2D eigenvalue weighted by atomic mass is 31.2. The summed E-state index contributed by atoms with van der Waals surface area (Å²) < 4.78 is 61.0. The fourth-order valence-corrected chi connectivity index (χ4v) is 11.1. The third-order valence-corrected chi connectivity index (χ3v) is 17.1. The van der Waals surface area contributed by atoms with Crippen LogP contribution >= 0.6 is 15.6 Å². The van der Waals surface area contributed by atoms with Crippen LogP contribution in [0, 0.1) is 0 Å². The monoisotopic (exact) mass is 1420 g/mol. The predicted octanol–water partition coefficient (Wildman–Crippen LogP) is 21.9. The Hall–Kier alpha value is -4.83. The second kappa shape index (κ2) is 72.9. The summed E-state index contributed by atoms with van der Waals surface area (Å²) in [5.41, 5.74) is 0. The highest BCUT2D eigenvalue weighted by molar-refractivity contribution is 7.47. The van der Waals surface area contributed by atoms with Crippen LogP contribution in [0.3, 0.4) is 0 Å². The van der Waals surface area contributed by atoms with Crippen molar-refractivity contribution in [3.05, 3.63) is 158 Å². The number of esters is 3. The number of phosphoric ester groups is 2. The standard InChI is InChI=1S/C81H134O16P2/c1-4-7-10-13-16-19-22-25-28-31-33-34-35-36-37-38-39-40-42-45-46-49-52-55-58-61-64-67-79(84)91-70-76(82)71-93-98(87,88)94-72-77(83)73-95-99(89,90)96-75-78(97-81(86)69-66-63-60-57-54-51-48-43-30-27-24-21-18-15-12-9-6-3)74-92-80(85)68-65-62-59-56-53-50-47-44-41-32-29-26-23-20-17-14-11-8-5-2/h8-9,11-12,16-21,25-30,33-34,36-37,41,44,48,51,57,60,76-78,82-83H,4-7,10,13-15,22-24,31-32,35,38-40,42-43,45-47,49-50,52-56,58-59,61-75H2,1-3H3,(H,87,88)(H,89,90)/b11-8-,12-9-,19-16-,20-17-,21-18-,28-25-,29-26-,30-27-,34-33-,37-36-,44-41-,51-48-,60-57-. The fourth-order valence-electron chi connectivity index (χ4n) is 9.52.